The van der Waals surface area contributed by atoms with Crippen LogP contribution in [0, 0.1) is 5.92 Å². The highest BCUT2D eigenvalue weighted by atomic mass is 32.1. The number of anilines is 1. The molecule has 1 N–H and O–H groups in total. The van der Waals surface area contributed by atoms with E-state index in [-0.39, 0.29) is 5.91 Å². The molecule has 0 saturated carbocycles. The third-order valence-corrected chi connectivity index (χ3v) is 6.83. The molecule has 3 heterocycles. The first-order valence-electron chi connectivity index (χ1n) is 10.2. The molecule has 0 radical (unpaired) electrons. The monoisotopic (exact) mass is 384 g/mol. The lowest BCUT2D eigenvalue weighted by molar-refractivity contribution is 0.0697. The molecular weight excluding hydrogens is 356 g/mol. The lowest BCUT2D eigenvalue weighted by atomic mass is 9.99. The Morgan fingerprint density at radius 1 is 1.26 bits per heavy atom. The van der Waals surface area contributed by atoms with Gasteiger partial charge in [0.1, 0.15) is 5.82 Å². The number of aryl methyl sites for hydroxylation is 2. The lowest BCUT2D eigenvalue weighted by Gasteiger charge is -2.30. The van der Waals surface area contributed by atoms with Crippen molar-refractivity contribution in [2.75, 3.05) is 25.0 Å². The summed E-state index contributed by atoms with van der Waals surface area (Å²) in [6, 6.07) is 3.80. The summed E-state index contributed by atoms with van der Waals surface area (Å²) in [5.41, 5.74) is 2.01. The van der Waals surface area contributed by atoms with Gasteiger partial charge in [0.15, 0.2) is 0 Å². The molecule has 4 rings (SSSR count). The number of rotatable bonds is 5. The maximum Gasteiger partial charge on any atom is 0.255 e. The number of pyridine rings is 1. The highest BCUT2D eigenvalue weighted by Crippen LogP contribution is 2.27. The quantitative estimate of drug-likeness (QED) is 0.848. The van der Waals surface area contributed by atoms with Gasteiger partial charge < -0.3 is 10.2 Å². The fraction of sp³-hybridized carbons (Fsp3) is 0.571. The molecule has 2 aromatic heterocycles. The summed E-state index contributed by atoms with van der Waals surface area (Å²) in [4.78, 5) is 25.2. The van der Waals surface area contributed by atoms with Crippen LogP contribution in [0.5, 0.6) is 0 Å². The van der Waals surface area contributed by atoms with E-state index in [1.54, 1.807) is 6.20 Å². The zero-order chi connectivity index (χ0) is 18.6. The van der Waals surface area contributed by atoms with Crippen molar-refractivity contribution >= 4 is 23.1 Å². The largest absolute Gasteiger partial charge is 0.370 e. The lowest BCUT2D eigenvalue weighted by Crippen LogP contribution is -2.37. The fourth-order valence-electron chi connectivity index (χ4n) is 3.83. The van der Waals surface area contributed by atoms with Crippen LogP contribution >= 0.6 is 11.3 Å². The minimum Gasteiger partial charge on any atom is -0.370 e. The van der Waals surface area contributed by atoms with Crippen molar-refractivity contribution in [1.29, 1.82) is 0 Å². The number of likely N-dealkylation sites (tertiary alicyclic amines) is 1. The van der Waals surface area contributed by atoms with Crippen LogP contribution < -0.4 is 5.32 Å². The standard InChI is InChI=1S/C21H28N4OS/c1-15-9-12-25(13-10-15)21(26)16-6-7-19(23-14-16)22-11-8-20-24-17-4-2-3-5-18(17)27-20/h6-7,14-15H,2-5,8-13H2,1H3,(H,22,23). The fourth-order valence-corrected chi connectivity index (χ4v) is 4.99. The number of fused-ring (bicyclic) bond motifs is 1. The third-order valence-electron chi connectivity index (χ3n) is 5.62. The number of aromatic nitrogens is 2. The van der Waals surface area contributed by atoms with Gasteiger partial charge >= 0.3 is 0 Å². The number of hydrogen-bond donors (Lipinski definition) is 1. The van der Waals surface area contributed by atoms with Gasteiger partial charge in [0.05, 0.1) is 16.3 Å². The van der Waals surface area contributed by atoms with E-state index in [4.69, 9.17) is 4.98 Å². The molecule has 5 nitrogen and oxygen atoms in total. The van der Waals surface area contributed by atoms with Crippen molar-refractivity contribution < 1.29 is 4.79 Å². The summed E-state index contributed by atoms with van der Waals surface area (Å²) in [6.45, 7) is 4.79. The minimum absolute atomic E-state index is 0.106. The predicted molar refractivity (Wildman–Crippen MR) is 109 cm³/mol. The van der Waals surface area contributed by atoms with E-state index in [2.05, 4.69) is 17.2 Å². The Labute approximate surface area is 165 Å². The van der Waals surface area contributed by atoms with Gasteiger partial charge in [-0.2, -0.15) is 0 Å². The van der Waals surface area contributed by atoms with E-state index in [9.17, 15) is 4.79 Å². The number of nitrogens with zero attached hydrogens (tertiary/aromatic N) is 3. The molecule has 2 aliphatic rings. The van der Waals surface area contributed by atoms with Crippen molar-refractivity contribution in [1.82, 2.24) is 14.9 Å². The number of nitrogens with one attached hydrogen (secondary N) is 1. The molecule has 1 aliphatic carbocycles. The van der Waals surface area contributed by atoms with Crippen molar-refractivity contribution in [2.45, 2.75) is 51.9 Å². The van der Waals surface area contributed by atoms with Crippen molar-refractivity contribution in [3.63, 3.8) is 0 Å². The van der Waals surface area contributed by atoms with Gasteiger partial charge in [0.2, 0.25) is 0 Å². The first-order valence-corrected chi connectivity index (χ1v) is 11.0. The van der Waals surface area contributed by atoms with Gasteiger partial charge in [0.25, 0.3) is 5.91 Å². The maximum atomic E-state index is 12.6. The van der Waals surface area contributed by atoms with E-state index in [1.165, 1.54) is 34.8 Å². The number of thiazole rings is 1. The summed E-state index contributed by atoms with van der Waals surface area (Å²) in [5.74, 6) is 1.65. The molecule has 1 saturated heterocycles. The Bertz CT molecular complexity index is 754. The second-order valence-corrected chi connectivity index (χ2v) is 8.94. The smallest absolute Gasteiger partial charge is 0.255 e. The van der Waals surface area contributed by atoms with E-state index in [1.807, 2.05) is 28.4 Å². The van der Waals surface area contributed by atoms with Crippen molar-refractivity contribution in [3.05, 3.63) is 39.5 Å². The number of carbonyl (C=O) groups excluding carboxylic acids is 1. The Kier molecular flexibility index (Phi) is 5.72. The van der Waals surface area contributed by atoms with E-state index in [0.29, 0.717) is 5.56 Å². The van der Waals surface area contributed by atoms with Gasteiger partial charge in [-0.05, 0) is 56.6 Å². The third kappa shape index (κ3) is 4.49. The van der Waals surface area contributed by atoms with Gasteiger partial charge in [-0.1, -0.05) is 6.92 Å². The molecule has 2 aromatic rings. The first kappa shape index (κ1) is 18.4. The minimum atomic E-state index is 0.106. The van der Waals surface area contributed by atoms with E-state index in [0.717, 1.165) is 57.1 Å². The van der Waals surface area contributed by atoms with Crippen LogP contribution in [0.1, 0.15) is 58.5 Å². The molecule has 0 bridgehead atoms. The molecule has 6 heteroatoms. The summed E-state index contributed by atoms with van der Waals surface area (Å²) >= 11 is 1.87. The summed E-state index contributed by atoms with van der Waals surface area (Å²) < 4.78 is 0. The Morgan fingerprint density at radius 2 is 2.07 bits per heavy atom. The van der Waals surface area contributed by atoms with Crippen molar-refractivity contribution in [2.24, 2.45) is 5.92 Å². The maximum absolute atomic E-state index is 12.6. The van der Waals surface area contributed by atoms with Gasteiger partial charge in [-0.3, -0.25) is 4.79 Å². The topological polar surface area (TPSA) is 58.1 Å². The number of piperidine rings is 1. The Morgan fingerprint density at radius 3 is 2.81 bits per heavy atom. The van der Waals surface area contributed by atoms with Crippen LogP contribution in [0.4, 0.5) is 5.82 Å². The average molecular weight is 385 g/mol. The van der Waals surface area contributed by atoms with E-state index < -0.39 is 0 Å². The second-order valence-electron chi connectivity index (χ2n) is 7.77. The molecule has 0 atom stereocenters. The zero-order valence-corrected chi connectivity index (χ0v) is 16.9. The molecule has 1 amide bonds. The van der Waals surface area contributed by atoms with Crippen LogP contribution in [0.15, 0.2) is 18.3 Å². The second kappa shape index (κ2) is 8.38. The van der Waals surface area contributed by atoms with Gasteiger partial charge in [-0.25, -0.2) is 9.97 Å². The normalized spacial score (nSPS) is 17.6. The number of amides is 1. The molecule has 27 heavy (non-hydrogen) atoms. The van der Waals surface area contributed by atoms with Crippen LogP contribution in [-0.2, 0) is 19.3 Å². The molecule has 144 valence electrons. The Hall–Kier alpha value is -1.95. The van der Waals surface area contributed by atoms with Crippen molar-refractivity contribution in [3.8, 4) is 0 Å². The Balaban J connectivity index is 1.27. The highest BCUT2D eigenvalue weighted by molar-refractivity contribution is 7.11. The average Bonchev–Trinajstić information content (AvgIpc) is 3.11. The molecule has 0 spiro atoms. The summed E-state index contributed by atoms with van der Waals surface area (Å²) in [7, 11) is 0. The summed E-state index contributed by atoms with van der Waals surface area (Å²) in [5, 5.41) is 4.58. The number of carbonyl (C=O) groups is 1. The van der Waals surface area contributed by atoms with Crippen LogP contribution in [0.25, 0.3) is 0 Å². The van der Waals surface area contributed by atoms with Gasteiger partial charge in [-0.15, -0.1) is 11.3 Å². The van der Waals surface area contributed by atoms with Crippen LogP contribution in [-0.4, -0.2) is 40.4 Å². The zero-order valence-electron chi connectivity index (χ0n) is 16.0. The SMILES string of the molecule is CC1CCN(C(=O)c2ccc(NCCc3nc4c(s3)CCCC4)nc2)CC1. The highest BCUT2D eigenvalue weighted by Gasteiger charge is 2.21. The van der Waals surface area contributed by atoms with Crippen LogP contribution in [0.2, 0.25) is 0 Å². The molecule has 0 unspecified atom stereocenters. The molecule has 0 aromatic carbocycles. The summed E-state index contributed by atoms with van der Waals surface area (Å²) in [6.07, 6.45) is 9.74. The van der Waals surface area contributed by atoms with Crippen LogP contribution in [0.3, 0.4) is 0 Å². The molecule has 1 fully saturated rings. The first-order chi connectivity index (χ1) is 13.2. The van der Waals surface area contributed by atoms with E-state index >= 15 is 0 Å². The molecule has 1 aliphatic heterocycles. The number of hydrogen-bond acceptors (Lipinski definition) is 5. The molecular formula is C21H28N4OS. The predicted octanol–water partition coefficient (Wildman–Crippen LogP) is 3.94. The van der Waals surface area contributed by atoms with Gasteiger partial charge in [0, 0.05) is 37.1 Å².